The predicted octanol–water partition coefficient (Wildman–Crippen LogP) is 2.18. The van der Waals surface area contributed by atoms with E-state index in [-0.39, 0.29) is 12.4 Å². The zero-order chi connectivity index (χ0) is 18.4. The third-order valence-corrected chi connectivity index (χ3v) is 6.57. The number of nitrogens with one attached hydrogen (secondary N) is 2. The molecule has 0 aliphatic rings. The molecule has 0 saturated heterocycles. The highest BCUT2D eigenvalue weighted by Crippen LogP contribution is 2.17. The van der Waals surface area contributed by atoms with E-state index in [0.29, 0.717) is 12.5 Å². The highest BCUT2D eigenvalue weighted by molar-refractivity contribution is 7.97. The summed E-state index contributed by atoms with van der Waals surface area (Å²) in [5, 5.41) is 6.17. The van der Waals surface area contributed by atoms with Gasteiger partial charge < -0.3 is 10.6 Å². The highest BCUT2D eigenvalue weighted by atomic mass is 32.2. The molecule has 8 heteroatoms. The fraction of sp³-hybridized carbons (Fsp3) is 0.562. The molecule has 0 heterocycles. The Hall–Kier alpha value is -1.28. The lowest BCUT2D eigenvalue weighted by Crippen LogP contribution is -2.47. The fourth-order valence-electron chi connectivity index (χ4n) is 1.88. The molecule has 1 aromatic carbocycles. The van der Waals surface area contributed by atoms with Crippen LogP contribution in [0.2, 0.25) is 0 Å². The number of benzene rings is 1. The summed E-state index contributed by atoms with van der Waals surface area (Å²) >= 11 is 1.63. The van der Waals surface area contributed by atoms with E-state index < -0.39 is 14.6 Å². The molecule has 0 aliphatic heterocycles. The first kappa shape index (κ1) is 20.8. The van der Waals surface area contributed by atoms with Crippen LogP contribution in [0.25, 0.3) is 0 Å². The molecule has 5 nitrogen and oxygen atoms in total. The molecule has 0 fully saturated rings. The van der Waals surface area contributed by atoms with Crippen LogP contribution in [0.15, 0.2) is 23.2 Å². The van der Waals surface area contributed by atoms with E-state index in [1.54, 1.807) is 38.7 Å². The molecule has 0 saturated carbocycles. The number of rotatable bonds is 7. The average Bonchev–Trinajstić information content (AvgIpc) is 2.48. The average molecular weight is 376 g/mol. The Morgan fingerprint density at radius 1 is 1.29 bits per heavy atom. The summed E-state index contributed by atoms with van der Waals surface area (Å²) in [7, 11) is -1.56. The van der Waals surface area contributed by atoms with Crippen molar-refractivity contribution < 1.29 is 12.8 Å². The molecule has 1 aromatic rings. The lowest BCUT2D eigenvalue weighted by molar-refractivity contribution is 0.544. The second-order valence-electron chi connectivity index (χ2n) is 6.16. The molecular weight excluding hydrogens is 349 g/mol. The van der Waals surface area contributed by atoms with E-state index in [1.165, 1.54) is 18.4 Å². The zero-order valence-corrected chi connectivity index (χ0v) is 16.4. The van der Waals surface area contributed by atoms with Crippen molar-refractivity contribution >= 4 is 27.6 Å². The van der Waals surface area contributed by atoms with Gasteiger partial charge in [0, 0.05) is 32.1 Å². The minimum absolute atomic E-state index is 0.243. The Morgan fingerprint density at radius 3 is 2.50 bits per heavy atom. The first-order valence-corrected chi connectivity index (χ1v) is 10.8. The number of thioether (sulfide) groups is 1. The van der Waals surface area contributed by atoms with Crippen LogP contribution in [-0.4, -0.2) is 45.2 Å². The summed E-state index contributed by atoms with van der Waals surface area (Å²) in [4.78, 5) is 4.10. The molecule has 136 valence electrons. The Bertz CT molecular complexity index is 689. The van der Waals surface area contributed by atoms with Crippen molar-refractivity contribution in [2.75, 3.05) is 26.1 Å². The minimum Gasteiger partial charge on any atom is -0.355 e. The normalized spacial score (nSPS) is 13.0. The van der Waals surface area contributed by atoms with Crippen molar-refractivity contribution in [1.82, 2.24) is 10.6 Å². The molecule has 0 aliphatic carbocycles. The molecule has 0 bridgehead atoms. The van der Waals surface area contributed by atoms with Crippen LogP contribution >= 0.6 is 11.8 Å². The molecule has 0 atom stereocenters. The second kappa shape index (κ2) is 8.71. The van der Waals surface area contributed by atoms with Crippen molar-refractivity contribution in [3.63, 3.8) is 0 Å². The van der Waals surface area contributed by atoms with Gasteiger partial charge >= 0.3 is 0 Å². The van der Waals surface area contributed by atoms with E-state index in [1.807, 2.05) is 6.26 Å². The summed E-state index contributed by atoms with van der Waals surface area (Å²) < 4.78 is 36.0. The van der Waals surface area contributed by atoms with Crippen LogP contribution in [0.5, 0.6) is 0 Å². The van der Waals surface area contributed by atoms with Crippen LogP contribution in [0.4, 0.5) is 4.39 Å². The molecule has 0 amide bonds. The number of sulfone groups is 1. The van der Waals surface area contributed by atoms with Crippen LogP contribution in [0.3, 0.4) is 0 Å². The van der Waals surface area contributed by atoms with Crippen LogP contribution < -0.4 is 10.6 Å². The Morgan fingerprint density at radius 2 is 1.96 bits per heavy atom. The van der Waals surface area contributed by atoms with Gasteiger partial charge in [0.25, 0.3) is 0 Å². The van der Waals surface area contributed by atoms with Gasteiger partial charge in [0.15, 0.2) is 15.8 Å². The monoisotopic (exact) mass is 375 g/mol. The number of hydrogen-bond acceptors (Lipinski definition) is 4. The predicted molar refractivity (Wildman–Crippen MR) is 101 cm³/mol. The van der Waals surface area contributed by atoms with Crippen molar-refractivity contribution in [2.24, 2.45) is 4.99 Å². The van der Waals surface area contributed by atoms with Gasteiger partial charge in [-0.05, 0) is 43.4 Å². The quantitative estimate of drug-likeness (QED) is 0.565. The maximum Gasteiger partial charge on any atom is 0.191 e. The van der Waals surface area contributed by atoms with Crippen LogP contribution in [-0.2, 0) is 22.1 Å². The number of guanidine groups is 1. The van der Waals surface area contributed by atoms with Crippen LogP contribution in [0, 0.1) is 5.82 Å². The van der Waals surface area contributed by atoms with Crippen molar-refractivity contribution in [2.45, 2.75) is 30.9 Å². The van der Waals surface area contributed by atoms with Crippen molar-refractivity contribution in [3.05, 3.63) is 35.1 Å². The number of aliphatic imine (C=N–C) groups is 1. The number of halogens is 1. The van der Waals surface area contributed by atoms with Gasteiger partial charge in [-0.2, -0.15) is 11.8 Å². The Balaban J connectivity index is 2.72. The second-order valence-corrected chi connectivity index (χ2v) is 9.67. The molecule has 0 radical (unpaired) electrons. The largest absolute Gasteiger partial charge is 0.355 e. The van der Waals surface area contributed by atoms with Gasteiger partial charge in [-0.15, -0.1) is 0 Å². The highest BCUT2D eigenvalue weighted by Gasteiger charge is 2.30. The van der Waals surface area contributed by atoms with Crippen molar-refractivity contribution in [1.29, 1.82) is 0 Å². The van der Waals surface area contributed by atoms with E-state index in [0.717, 1.165) is 16.9 Å². The Labute approximate surface area is 148 Å². The summed E-state index contributed by atoms with van der Waals surface area (Å²) in [6.07, 6.45) is 3.19. The summed E-state index contributed by atoms with van der Waals surface area (Å²) in [6, 6.07) is 4.72. The molecule has 2 N–H and O–H groups in total. The van der Waals surface area contributed by atoms with E-state index in [2.05, 4.69) is 15.6 Å². The lowest BCUT2D eigenvalue weighted by atomic mass is 10.1. The third-order valence-electron chi connectivity index (χ3n) is 3.82. The maximum atomic E-state index is 13.4. The lowest BCUT2D eigenvalue weighted by Gasteiger charge is -2.24. The van der Waals surface area contributed by atoms with E-state index >= 15 is 0 Å². The zero-order valence-electron chi connectivity index (χ0n) is 14.8. The number of hydrogen-bond donors (Lipinski definition) is 2. The van der Waals surface area contributed by atoms with Crippen molar-refractivity contribution in [3.8, 4) is 0 Å². The van der Waals surface area contributed by atoms with Gasteiger partial charge in [0.1, 0.15) is 5.82 Å². The van der Waals surface area contributed by atoms with Gasteiger partial charge in [0.05, 0.1) is 4.75 Å². The Kier molecular flexibility index (Phi) is 7.54. The number of nitrogens with zero attached hydrogens (tertiary/aromatic N) is 1. The first-order valence-electron chi connectivity index (χ1n) is 7.51. The fourth-order valence-corrected chi connectivity index (χ4v) is 2.80. The topological polar surface area (TPSA) is 70.6 Å². The summed E-state index contributed by atoms with van der Waals surface area (Å²) in [6.45, 7) is 4.06. The summed E-state index contributed by atoms with van der Waals surface area (Å²) in [5.74, 6) is 0.980. The molecule has 0 spiro atoms. The standard InChI is InChI=1S/C16H26FN3O2S2/c1-16(2,24(5,21)22)11-20-15(18-3)19-9-12-6-7-14(17)8-13(12)10-23-4/h6-8H,9-11H2,1-5H3,(H2,18,19,20). The smallest absolute Gasteiger partial charge is 0.191 e. The first-order chi connectivity index (χ1) is 11.1. The van der Waals surface area contributed by atoms with Gasteiger partial charge in [-0.1, -0.05) is 6.07 Å². The van der Waals surface area contributed by atoms with Gasteiger partial charge in [-0.25, -0.2) is 12.8 Å². The maximum absolute atomic E-state index is 13.4. The molecule has 0 unspecified atom stereocenters. The van der Waals surface area contributed by atoms with Crippen LogP contribution in [0.1, 0.15) is 25.0 Å². The SMILES string of the molecule is CN=C(NCc1ccc(F)cc1CSC)NCC(C)(C)S(C)(=O)=O. The van der Waals surface area contributed by atoms with Gasteiger partial charge in [-0.3, -0.25) is 4.99 Å². The van der Waals surface area contributed by atoms with E-state index in [4.69, 9.17) is 0 Å². The molecular formula is C16H26FN3O2S2. The van der Waals surface area contributed by atoms with Gasteiger partial charge in [0.2, 0.25) is 0 Å². The molecule has 0 aromatic heterocycles. The summed E-state index contributed by atoms with van der Waals surface area (Å²) in [5.41, 5.74) is 1.91. The van der Waals surface area contributed by atoms with E-state index in [9.17, 15) is 12.8 Å². The molecule has 24 heavy (non-hydrogen) atoms. The third kappa shape index (κ3) is 5.98. The molecule has 1 rings (SSSR count). The minimum atomic E-state index is -3.18.